The Hall–Kier alpha value is -0.0800. The number of hydrogen-bond acceptors (Lipinski definition) is 2. The Balaban J connectivity index is 1.84. The second-order valence-corrected chi connectivity index (χ2v) is 5.61. The van der Waals surface area contributed by atoms with Gasteiger partial charge in [-0.05, 0) is 58.8 Å². The van der Waals surface area contributed by atoms with E-state index in [1.54, 1.807) is 0 Å². The molecule has 0 saturated carbocycles. The third-order valence-corrected chi connectivity index (χ3v) is 3.83. The predicted octanol–water partition coefficient (Wildman–Crippen LogP) is 3.42. The Morgan fingerprint density at radius 2 is 1.82 bits per heavy atom. The third-order valence-electron chi connectivity index (χ3n) is 3.83. The van der Waals surface area contributed by atoms with Crippen LogP contribution in [-0.2, 0) is 0 Å². The first-order valence-electron chi connectivity index (χ1n) is 7.78. The Labute approximate surface area is 108 Å². The number of nitrogens with zero attached hydrogens (tertiary/aromatic N) is 1. The van der Waals surface area contributed by atoms with Crippen molar-refractivity contribution >= 4 is 0 Å². The Kier molecular flexibility index (Phi) is 8.72. The Bertz CT molecular complexity index is 164. The molecule has 1 aliphatic heterocycles. The quantitative estimate of drug-likeness (QED) is 0.589. The molecule has 1 heterocycles. The van der Waals surface area contributed by atoms with Crippen molar-refractivity contribution in [2.75, 3.05) is 26.2 Å². The van der Waals surface area contributed by atoms with Crippen LogP contribution in [0.15, 0.2) is 0 Å². The zero-order valence-corrected chi connectivity index (χ0v) is 12.0. The third kappa shape index (κ3) is 7.77. The summed E-state index contributed by atoms with van der Waals surface area (Å²) in [5.74, 6) is 0. The lowest BCUT2D eigenvalue weighted by Gasteiger charge is -2.17. The van der Waals surface area contributed by atoms with Crippen LogP contribution in [0, 0.1) is 0 Å². The van der Waals surface area contributed by atoms with E-state index in [1.165, 1.54) is 77.5 Å². The summed E-state index contributed by atoms with van der Waals surface area (Å²) in [5.41, 5.74) is 0. The molecule has 0 bridgehead atoms. The van der Waals surface area contributed by atoms with Gasteiger partial charge in [0.15, 0.2) is 0 Å². The summed E-state index contributed by atoms with van der Waals surface area (Å²) in [6, 6.07) is 0.713. The standard InChI is InChI=1S/C15H32N2/c1-3-4-5-6-10-15(2)16-11-9-14-17-12-7-8-13-17/h15-16H,3-14H2,1-2H3. The summed E-state index contributed by atoms with van der Waals surface area (Å²) < 4.78 is 0. The fraction of sp³-hybridized carbons (Fsp3) is 1.00. The van der Waals surface area contributed by atoms with E-state index >= 15 is 0 Å². The van der Waals surface area contributed by atoms with Gasteiger partial charge in [0.25, 0.3) is 0 Å². The molecule has 0 aromatic rings. The van der Waals surface area contributed by atoms with Crippen LogP contribution in [0.4, 0.5) is 0 Å². The highest BCUT2D eigenvalue weighted by atomic mass is 15.1. The largest absolute Gasteiger partial charge is 0.314 e. The number of likely N-dealkylation sites (tertiary alicyclic amines) is 1. The second-order valence-electron chi connectivity index (χ2n) is 5.61. The van der Waals surface area contributed by atoms with Gasteiger partial charge in [-0.3, -0.25) is 0 Å². The van der Waals surface area contributed by atoms with Gasteiger partial charge in [0.1, 0.15) is 0 Å². The molecule has 1 N–H and O–H groups in total. The van der Waals surface area contributed by atoms with Crippen LogP contribution in [0.5, 0.6) is 0 Å². The van der Waals surface area contributed by atoms with Crippen molar-refractivity contribution in [1.82, 2.24) is 10.2 Å². The van der Waals surface area contributed by atoms with E-state index in [0.717, 1.165) is 0 Å². The summed E-state index contributed by atoms with van der Waals surface area (Å²) in [6.07, 6.45) is 11.1. The zero-order valence-electron chi connectivity index (χ0n) is 12.0. The van der Waals surface area contributed by atoms with Crippen molar-refractivity contribution in [3.8, 4) is 0 Å². The maximum atomic E-state index is 3.66. The van der Waals surface area contributed by atoms with Gasteiger partial charge >= 0.3 is 0 Å². The molecule has 1 fully saturated rings. The molecule has 0 aromatic heterocycles. The van der Waals surface area contributed by atoms with E-state index in [-0.39, 0.29) is 0 Å². The first-order chi connectivity index (χ1) is 8.33. The van der Waals surface area contributed by atoms with E-state index in [9.17, 15) is 0 Å². The highest BCUT2D eigenvalue weighted by Gasteiger charge is 2.10. The van der Waals surface area contributed by atoms with Crippen LogP contribution >= 0.6 is 0 Å². The average Bonchev–Trinajstić information content (AvgIpc) is 2.83. The van der Waals surface area contributed by atoms with Gasteiger partial charge in [0.05, 0.1) is 0 Å². The van der Waals surface area contributed by atoms with E-state index in [0.29, 0.717) is 6.04 Å². The van der Waals surface area contributed by atoms with Crippen molar-refractivity contribution < 1.29 is 0 Å². The Morgan fingerprint density at radius 1 is 1.06 bits per heavy atom. The topological polar surface area (TPSA) is 15.3 Å². The van der Waals surface area contributed by atoms with E-state index < -0.39 is 0 Å². The molecule has 102 valence electrons. The summed E-state index contributed by atoms with van der Waals surface area (Å²) in [5, 5.41) is 3.66. The summed E-state index contributed by atoms with van der Waals surface area (Å²) >= 11 is 0. The molecule has 1 aliphatic rings. The van der Waals surface area contributed by atoms with E-state index in [4.69, 9.17) is 0 Å². The van der Waals surface area contributed by atoms with Crippen LogP contribution in [0.3, 0.4) is 0 Å². The van der Waals surface area contributed by atoms with Crippen LogP contribution < -0.4 is 5.32 Å². The summed E-state index contributed by atoms with van der Waals surface area (Å²) in [6.45, 7) is 9.79. The molecule has 0 aliphatic carbocycles. The van der Waals surface area contributed by atoms with Gasteiger partial charge in [0, 0.05) is 6.04 Å². The van der Waals surface area contributed by atoms with Crippen LogP contribution in [0.25, 0.3) is 0 Å². The summed E-state index contributed by atoms with van der Waals surface area (Å²) in [7, 11) is 0. The lowest BCUT2D eigenvalue weighted by Crippen LogP contribution is -2.30. The molecule has 2 heteroatoms. The van der Waals surface area contributed by atoms with Gasteiger partial charge in [-0.15, -0.1) is 0 Å². The molecule has 0 amide bonds. The lowest BCUT2D eigenvalue weighted by atomic mass is 10.1. The smallest absolute Gasteiger partial charge is 0.00387 e. The van der Waals surface area contributed by atoms with Crippen LogP contribution in [-0.4, -0.2) is 37.1 Å². The van der Waals surface area contributed by atoms with Gasteiger partial charge in [-0.1, -0.05) is 32.6 Å². The van der Waals surface area contributed by atoms with Crippen LogP contribution in [0.1, 0.15) is 65.2 Å². The Morgan fingerprint density at radius 3 is 2.53 bits per heavy atom. The summed E-state index contributed by atoms with van der Waals surface area (Å²) in [4.78, 5) is 2.60. The number of nitrogens with one attached hydrogen (secondary N) is 1. The minimum Gasteiger partial charge on any atom is -0.314 e. The fourth-order valence-electron chi connectivity index (χ4n) is 2.64. The highest BCUT2D eigenvalue weighted by Crippen LogP contribution is 2.07. The monoisotopic (exact) mass is 240 g/mol. The maximum absolute atomic E-state index is 3.66. The number of hydrogen-bond donors (Lipinski definition) is 1. The molecule has 1 unspecified atom stereocenters. The number of rotatable bonds is 10. The second kappa shape index (κ2) is 9.90. The van der Waals surface area contributed by atoms with Crippen molar-refractivity contribution in [3.05, 3.63) is 0 Å². The highest BCUT2D eigenvalue weighted by molar-refractivity contribution is 4.67. The molecular weight excluding hydrogens is 208 g/mol. The van der Waals surface area contributed by atoms with E-state index in [2.05, 4.69) is 24.1 Å². The van der Waals surface area contributed by atoms with Crippen LogP contribution in [0.2, 0.25) is 0 Å². The molecule has 2 nitrogen and oxygen atoms in total. The average molecular weight is 240 g/mol. The van der Waals surface area contributed by atoms with Crippen molar-refractivity contribution in [3.63, 3.8) is 0 Å². The molecule has 0 aromatic carbocycles. The normalized spacial score (nSPS) is 18.7. The number of unbranched alkanes of at least 4 members (excludes halogenated alkanes) is 3. The van der Waals surface area contributed by atoms with Gasteiger partial charge in [-0.25, -0.2) is 0 Å². The first kappa shape index (κ1) is 15.0. The molecule has 1 saturated heterocycles. The lowest BCUT2D eigenvalue weighted by molar-refractivity contribution is 0.327. The SMILES string of the molecule is CCCCCCC(C)NCCCN1CCCC1. The van der Waals surface area contributed by atoms with Gasteiger partial charge in [-0.2, -0.15) is 0 Å². The molecule has 1 rings (SSSR count). The molecule has 0 radical (unpaired) electrons. The van der Waals surface area contributed by atoms with Crippen molar-refractivity contribution in [1.29, 1.82) is 0 Å². The van der Waals surface area contributed by atoms with Crippen molar-refractivity contribution in [2.24, 2.45) is 0 Å². The van der Waals surface area contributed by atoms with Gasteiger partial charge in [0.2, 0.25) is 0 Å². The van der Waals surface area contributed by atoms with Gasteiger partial charge < -0.3 is 10.2 Å². The molecular formula is C15H32N2. The first-order valence-corrected chi connectivity index (χ1v) is 7.78. The zero-order chi connectivity index (χ0) is 12.3. The van der Waals surface area contributed by atoms with E-state index in [1.807, 2.05) is 0 Å². The maximum Gasteiger partial charge on any atom is 0.00387 e. The predicted molar refractivity (Wildman–Crippen MR) is 76.5 cm³/mol. The van der Waals surface area contributed by atoms with Crippen molar-refractivity contribution in [2.45, 2.75) is 71.3 Å². The minimum atomic E-state index is 0.713. The molecule has 17 heavy (non-hydrogen) atoms. The fourth-order valence-corrected chi connectivity index (χ4v) is 2.64. The molecule has 1 atom stereocenters. The minimum absolute atomic E-state index is 0.713. The molecule has 0 spiro atoms.